The predicted octanol–water partition coefficient (Wildman–Crippen LogP) is 5.13. The van der Waals surface area contributed by atoms with Crippen LogP contribution < -0.4 is 10.6 Å². The minimum atomic E-state index is -0.908. The molecular weight excluding hydrogens is 514 g/mol. The first-order valence-corrected chi connectivity index (χ1v) is 12.6. The van der Waals surface area contributed by atoms with Gasteiger partial charge in [0.2, 0.25) is 11.9 Å². The van der Waals surface area contributed by atoms with Crippen molar-refractivity contribution in [2.75, 3.05) is 5.32 Å². The van der Waals surface area contributed by atoms with E-state index in [0.717, 1.165) is 21.9 Å². The van der Waals surface area contributed by atoms with Crippen molar-refractivity contribution >= 4 is 51.2 Å². The van der Waals surface area contributed by atoms with E-state index in [-0.39, 0.29) is 12.4 Å². The summed E-state index contributed by atoms with van der Waals surface area (Å²) in [5.41, 5.74) is 3.16. The molecule has 0 aliphatic rings. The molecule has 3 aromatic carbocycles. The van der Waals surface area contributed by atoms with Crippen molar-refractivity contribution in [2.24, 2.45) is 0 Å². The Labute approximate surface area is 227 Å². The number of aromatic amines is 2. The van der Waals surface area contributed by atoms with Gasteiger partial charge in [-0.3, -0.25) is 19.9 Å². The average Bonchev–Trinajstić information content (AvgIpc) is 3.63. The van der Waals surface area contributed by atoms with Gasteiger partial charge in [0.1, 0.15) is 11.7 Å². The van der Waals surface area contributed by atoms with Crippen LogP contribution in [-0.4, -0.2) is 42.8 Å². The van der Waals surface area contributed by atoms with Crippen molar-refractivity contribution in [1.82, 2.24) is 30.2 Å². The Hall–Kier alpha value is -5.02. The maximum absolute atomic E-state index is 13.3. The average molecular weight is 536 g/mol. The number of carbonyl (C=O) groups excluding carboxylic acids is 2. The molecule has 0 fully saturated rings. The second-order valence-electron chi connectivity index (χ2n) is 8.98. The van der Waals surface area contributed by atoms with Crippen LogP contribution in [0.1, 0.15) is 15.9 Å². The van der Waals surface area contributed by atoms with Gasteiger partial charge < -0.3 is 15.3 Å². The van der Waals surface area contributed by atoms with Crippen LogP contribution in [0.15, 0.2) is 91.4 Å². The number of hydrogen-bond acceptors (Lipinski definition) is 5. The second-order valence-corrected chi connectivity index (χ2v) is 9.39. The minimum Gasteiger partial charge on any atom is -0.340 e. The number of nitrogens with zero attached hydrogens (tertiary/aromatic N) is 3. The number of H-pyrrole nitrogens is 2. The summed E-state index contributed by atoms with van der Waals surface area (Å²) in [6.07, 6.45) is 5.13. The zero-order valence-electron chi connectivity index (χ0n) is 20.5. The van der Waals surface area contributed by atoms with Crippen LogP contribution in [0, 0.1) is 0 Å². The molecular formula is C29H22ClN7O2. The first-order valence-electron chi connectivity index (χ1n) is 12.2. The van der Waals surface area contributed by atoms with Gasteiger partial charge in [0.05, 0.1) is 11.0 Å². The van der Waals surface area contributed by atoms with E-state index in [1.54, 1.807) is 30.5 Å². The molecule has 0 radical (unpaired) electrons. The van der Waals surface area contributed by atoms with E-state index in [0.29, 0.717) is 27.6 Å². The third-order valence-corrected chi connectivity index (χ3v) is 6.73. The fourth-order valence-electron chi connectivity index (χ4n) is 4.35. The zero-order valence-corrected chi connectivity index (χ0v) is 21.2. The first kappa shape index (κ1) is 24.3. The summed E-state index contributed by atoms with van der Waals surface area (Å²) < 4.78 is 0. The summed E-state index contributed by atoms with van der Waals surface area (Å²) in [5, 5.41) is 8.14. The van der Waals surface area contributed by atoms with E-state index < -0.39 is 17.9 Å². The topological polar surface area (TPSA) is 128 Å². The van der Waals surface area contributed by atoms with Crippen LogP contribution >= 0.6 is 11.6 Å². The quantitative estimate of drug-likeness (QED) is 0.225. The number of nitrogens with one attached hydrogen (secondary N) is 4. The van der Waals surface area contributed by atoms with Gasteiger partial charge in [-0.05, 0) is 41.3 Å². The highest BCUT2D eigenvalue weighted by Gasteiger charge is 2.24. The fraction of sp³-hybridized carbons (Fsp3) is 0.0690. The maximum Gasteiger partial charge on any atom is 0.252 e. The van der Waals surface area contributed by atoms with Crippen molar-refractivity contribution in [3.8, 4) is 11.5 Å². The Morgan fingerprint density at radius 3 is 2.59 bits per heavy atom. The molecule has 3 heterocycles. The van der Waals surface area contributed by atoms with E-state index in [9.17, 15) is 9.59 Å². The highest BCUT2D eigenvalue weighted by Crippen LogP contribution is 2.23. The van der Waals surface area contributed by atoms with Crippen molar-refractivity contribution in [3.63, 3.8) is 0 Å². The van der Waals surface area contributed by atoms with E-state index in [2.05, 4.69) is 35.6 Å². The molecule has 1 unspecified atom stereocenters. The molecule has 0 spiro atoms. The Balaban J connectivity index is 1.26. The minimum absolute atomic E-state index is 0.195. The van der Waals surface area contributed by atoms with Crippen molar-refractivity contribution in [3.05, 3.63) is 108 Å². The smallest absolute Gasteiger partial charge is 0.252 e. The molecule has 9 nitrogen and oxygen atoms in total. The van der Waals surface area contributed by atoms with E-state index >= 15 is 0 Å². The van der Waals surface area contributed by atoms with Crippen molar-refractivity contribution in [2.45, 2.75) is 12.5 Å². The summed E-state index contributed by atoms with van der Waals surface area (Å²) in [6.45, 7) is 0. The number of anilines is 1. The number of hydrogen-bond donors (Lipinski definition) is 4. The van der Waals surface area contributed by atoms with Crippen molar-refractivity contribution < 1.29 is 9.59 Å². The van der Waals surface area contributed by atoms with E-state index in [4.69, 9.17) is 11.6 Å². The van der Waals surface area contributed by atoms with Crippen LogP contribution in [0.3, 0.4) is 0 Å². The van der Waals surface area contributed by atoms with Gasteiger partial charge >= 0.3 is 0 Å². The number of halogens is 1. The number of carbonyl (C=O) groups is 2. The Kier molecular flexibility index (Phi) is 6.48. The molecule has 0 saturated carbocycles. The lowest BCUT2D eigenvalue weighted by molar-refractivity contribution is -0.118. The molecule has 3 aromatic heterocycles. The number of aromatic nitrogens is 5. The fourth-order valence-corrected chi connectivity index (χ4v) is 4.57. The number of amides is 2. The monoisotopic (exact) mass is 535 g/mol. The SMILES string of the molecule is O=C(NC(Cc1ccccc1Cl)C(=O)Nc1ncc[nH]1)c1ccc2[nH]c(-c3cc4ccccc4cn3)nc2c1. The molecule has 1 atom stereocenters. The molecule has 39 heavy (non-hydrogen) atoms. The number of pyridine rings is 1. The normalized spacial score (nSPS) is 11.9. The number of benzene rings is 3. The molecule has 0 aliphatic heterocycles. The van der Waals surface area contributed by atoms with Gasteiger partial charge in [0, 0.05) is 41.0 Å². The lowest BCUT2D eigenvalue weighted by Crippen LogP contribution is -2.45. The zero-order chi connectivity index (χ0) is 26.8. The largest absolute Gasteiger partial charge is 0.340 e. The Bertz CT molecular complexity index is 1810. The van der Waals surface area contributed by atoms with Gasteiger partial charge in [-0.1, -0.05) is 54.1 Å². The van der Waals surface area contributed by atoms with Gasteiger partial charge in [-0.15, -0.1) is 0 Å². The van der Waals surface area contributed by atoms with Crippen LogP contribution in [0.4, 0.5) is 5.95 Å². The molecule has 6 rings (SSSR count). The molecule has 6 aromatic rings. The molecule has 0 bridgehead atoms. The van der Waals surface area contributed by atoms with Gasteiger partial charge in [0.15, 0.2) is 5.82 Å². The number of imidazole rings is 2. The molecule has 4 N–H and O–H groups in total. The summed E-state index contributed by atoms with van der Waals surface area (Å²) >= 11 is 6.34. The molecule has 2 amide bonds. The third-order valence-electron chi connectivity index (χ3n) is 6.36. The summed E-state index contributed by atoms with van der Waals surface area (Å²) in [5.74, 6) is 0.0366. The Morgan fingerprint density at radius 2 is 1.77 bits per heavy atom. The number of fused-ring (bicyclic) bond motifs is 2. The summed E-state index contributed by atoms with van der Waals surface area (Å²) in [4.78, 5) is 45.7. The van der Waals surface area contributed by atoms with Crippen LogP contribution in [0.5, 0.6) is 0 Å². The van der Waals surface area contributed by atoms with Crippen LogP contribution in [0.25, 0.3) is 33.3 Å². The molecule has 192 valence electrons. The predicted molar refractivity (Wildman–Crippen MR) is 150 cm³/mol. The second kappa shape index (κ2) is 10.4. The molecule has 0 aliphatic carbocycles. The van der Waals surface area contributed by atoms with E-state index in [1.807, 2.05) is 54.7 Å². The van der Waals surface area contributed by atoms with E-state index in [1.165, 1.54) is 6.20 Å². The Morgan fingerprint density at radius 1 is 0.949 bits per heavy atom. The highest BCUT2D eigenvalue weighted by atomic mass is 35.5. The first-order chi connectivity index (χ1) is 19.0. The van der Waals surface area contributed by atoms with Crippen LogP contribution in [0.2, 0.25) is 5.02 Å². The van der Waals surface area contributed by atoms with Gasteiger partial charge in [-0.25, -0.2) is 9.97 Å². The maximum atomic E-state index is 13.3. The standard InChI is InChI=1S/C29H22ClN7O2/c30-21-8-4-3-6-18(21)14-25(28(39)37-29-31-11-12-32-29)36-27(38)19-9-10-22-23(15-19)35-26(34-22)24-13-17-5-1-2-7-20(17)16-33-24/h1-13,15-16,25H,14H2,(H,34,35)(H,36,38)(H2,31,32,37,39). The number of rotatable bonds is 7. The van der Waals surface area contributed by atoms with Crippen molar-refractivity contribution in [1.29, 1.82) is 0 Å². The van der Waals surface area contributed by atoms with Gasteiger partial charge in [0.25, 0.3) is 5.91 Å². The highest BCUT2D eigenvalue weighted by molar-refractivity contribution is 6.31. The summed E-state index contributed by atoms with van der Waals surface area (Å²) in [7, 11) is 0. The van der Waals surface area contributed by atoms with Crippen LogP contribution in [-0.2, 0) is 11.2 Å². The molecule has 0 saturated heterocycles. The third kappa shape index (κ3) is 5.21. The molecule has 10 heteroatoms. The lowest BCUT2D eigenvalue weighted by atomic mass is 10.0. The lowest BCUT2D eigenvalue weighted by Gasteiger charge is -2.18. The summed E-state index contributed by atoms with van der Waals surface area (Å²) in [6, 6.07) is 21.4. The van der Waals surface area contributed by atoms with Gasteiger partial charge in [-0.2, -0.15) is 0 Å².